The number of anilines is 1. The van der Waals surface area contributed by atoms with E-state index in [4.69, 9.17) is 23.2 Å². The van der Waals surface area contributed by atoms with Gasteiger partial charge in [0.1, 0.15) is 5.69 Å². The number of benzene rings is 2. The topological polar surface area (TPSA) is 57.8 Å². The predicted octanol–water partition coefficient (Wildman–Crippen LogP) is 4.94. The average Bonchev–Trinajstić information content (AvgIpc) is 3.01. The van der Waals surface area contributed by atoms with Crippen molar-refractivity contribution < 1.29 is 4.79 Å². The molecule has 0 atom stereocenters. The molecule has 0 aliphatic rings. The van der Waals surface area contributed by atoms with Crippen LogP contribution in [0.3, 0.4) is 0 Å². The number of aryl methyl sites for hydroxylation is 1. The van der Waals surface area contributed by atoms with Gasteiger partial charge in [0.05, 0.1) is 10.7 Å². The summed E-state index contributed by atoms with van der Waals surface area (Å²) >= 11 is 12.1. The zero-order chi connectivity index (χ0) is 16.4. The summed E-state index contributed by atoms with van der Waals surface area (Å²) in [4.78, 5) is 12.3. The van der Waals surface area contributed by atoms with Crippen molar-refractivity contribution in [3.05, 3.63) is 69.8 Å². The molecule has 116 valence electrons. The highest BCUT2D eigenvalue weighted by Crippen LogP contribution is 2.26. The largest absolute Gasteiger partial charge is 0.321 e. The van der Waals surface area contributed by atoms with Crippen LogP contribution in [0.1, 0.15) is 16.1 Å². The maximum absolute atomic E-state index is 12.3. The van der Waals surface area contributed by atoms with Crippen LogP contribution in [0.2, 0.25) is 10.0 Å². The summed E-state index contributed by atoms with van der Waals surface area (Å²) in [5.41, 5.74) is 3.31. The fourth-order valence-corrected chi connectivity index (χ4v) is 2.52. The number of aromatic nitrogens is 2. The van der Waals surface area contributed by atoms with Gasteiger partial charge in [-0.1, -0.05) is 41.4 Å². The summed E-state index contributed by atoms with van der Waals surface area (Å²) < 4.78 is 0. The molecular weight excluding hydrogens is 333 g/mol. The monoisotopic (exact) mass is 345 g/mol. The number of nitrogens with zero attached hydrogens (tertiary/aromatic N) is 1. The van der Waals surface area contributed by atoms with E-state index in [1.807, 2.05) is 31.2 Å². The van der Waals surface area contributed by atoms with Crippen LogP contribution >= 0.6 is 23.2 Å². The molecule has 0 fully saturated rings. The third-order valence-electron chi connectivity index (χ3n) is 3.39. The third kappa shape index (κ3) is 3.38. The number of carbonyl (C=O) groups excluding carboxylic acids is 1. The second-order valence-electron chi connectivity index (χ2n) is 5.06. The maximum atomic E-state index is 12.3. The fraction of sp³-hybridized carbons (Fsp3) is 0.0588. The Labute approximate surface area is 143 Å². The van der Waals surface area contributed by atoms with Gasteiger partial charge in [-0.2, -0.15) is 5.10 Å². The number of aromatic amines is 1. The highest BCUT2D eigenvalue weighted by Gasteiger charge is 2.13. The van der Waals surface area contributed by atoms with Crippen molar-refractivity contribution in [3.63, 3.8) is 0 Å². The Kier molecular flexibility index (Phi) is 4.37. The lowest BCUT2D eigenvalue weighted by Crippen LogP contribution is -2.12. The molecule has 0 spiro atoms. The molecule has 0 radical (unpaired) electrons. The van der Waals surface area contributed by atoms with Crippen molar-refractivity contribution in [2.75, 3.05) is 5.32 Å². The van der Waals surface area contributed by atoms with Crippen molar-refractivity contribution in [1.29, 1.82) is 0 Å². The number of H-pyrrole nitrogens is 1. The number of halogens is 2. The summed E-state index contributed by atoms with van der Waals surface area (Å²) in [6, 6.07) is 14.3. The second-order valence-corrected chi connectivity index (χ2v) is 5.88. The lowest BCUT2D eigenvalue weighted by molar-refractivity contribution is 0.102. The van der Waals surface area contributed by atoms with Crippen LogP contribution in [0.4, 0.5) is 5.69 Å². The minimum Gasteiger partial charge on any atom is -0.321 e. The highest BCUT2D eigenvalue weighted by atomic mass is 35.5. The van der Waals surface area contributed by atoms with Gasteiger partial charge in [0.15, 0.2) is 0 Å². The summed E-state index contributed by atoms with van der Waals surface area (Å²) in [5.74, 6) is -0.280. The molecule has 0 bridgehead atoms. The molecule has 23 heavy (non-hydrogen) atoms. The molecule has 2 N–H and O–H groups in total. The van der Waals surface area contributed by atoms with Crippen molar-refractivity contribution >= 4 is 34.8 Å². The second kappa shape index (κ2) is 6.44. The first-order valence-corrected chi connectivity index (χ1v) is 7.68. The molecule has 1 amide bonds. The van der Waals surface area contributed by atoms with Gasteiger partial charge in [0.25, 0.3) is 5.91 Å². The van der Waals surface area contributed by atoms with Crippen LogP contribution in [0.15, 0.2) is 48.5 Å². The van der Waals surface area contributed by atoms with Gasteiger partial charge in [-0.15, -0.1) is 0 Å². The van der Waals surface area contributed by atoms with Gasteiger partial charge in [-0.3, -0.25) is 9.89 Å². The van der Waals surface area contributed by atoms with E-state index in [1.54, 1.807) is 24.3 Å². The van der Waals surface area contributed by atoms with E-state index < -0.39 is 0 Å². The minimum atomic E-state index is -0.280. The van der Waals surface area contributed by atoms with Crippen LogP contribution < -0.4 is 5.32 Å². The van der Waals surface area contributed by atoms with Crippen LogP contribution in [0.25, 0.3) is 11.3 Å². The number of hydrogen-bond donors (Lipinski definition) is 2. The number of rotatable bonds is 3. The van der Waals surface area contributed by atoms with Crippen molar-refractivity contribution in [1.82, 2.24) is 10.2 Å². The standard InChI is InChI=1S/C17H13Cl2N3O/c1-10-8-11(6-7-13(10)18)20-17(23)16-9-15(21-22-16)12-4-2-3-5-14(12)19/h2-9H,1H3,(H,20,23)(H,21,22). The van der Waals surface area contributed by atoms with Crippen molar-refractivity contribution in [2.24, 2.45) is 0 Å². The van der Waals surface area contributed by atoms with E-state index in [9.17, 15) is 4.79 Å². The Morgan fingerprint density at radius 2 is 1.87 bits per heavy atom. The molecule has 0 saturated heterocycles. The first-order valence-electron chi connectivity index (χ1n) is 6.92. The zero-order valence-corrected chi connectivity index (χ0v) is 13.7. The molecule has 0 aliphatic heterocycles. The molecule has 0 aliphatic carbocycles. The molecule has 2 aromatic carbocycles. The molecule has 0 saturated carbocycles. The first kappa shape index (κ1) is 15.6. The van der Waals surface area contributed by atoms with E-state index in [2.05, 4.69) is 15.5 Å². The lowest BCUT2D eigenvalue weighted by Gasteiger charge is -2.05. The third-order valence-corrected chi connectivity index (χ3v) is 4.14. The number of nitrogens with one attached hydrogen (secondary N) is 2. The first-order chi connectivity index (χ1) is 11.0. The Morgan fingerprint density at radius 1 is 1.09 bits per heavy atom. The van der Waals surface area contributed by atoms with E-state index >= 15 is 0 Å². The van der Waals surface area contributed by atoms with Crippen molar-refractivity contribution in [2.45, 2.75) is 6.92 Å². The van der Waals surface area contributed by atoms with Crippen molar-refractivity contribution in [3.8, 4) is 11.3 Å². The van der Waals surface area contributed by atoms with Gasteiger partial charge >= 0.3 is 0 Å². The van der Waals surface area contributed by atoms with Crippen LogP contribution in [-0.4, -0.2) is 16.1 Å². The lowest BCUT2D eigenvalue weighted by atomic mass is 10.1. The molecule has 0 unspecified atom stereocenters. The Morgan fingerprint density at radius 3 is 2.61 bits per heavy atom. The quantitative estimate of drug-likeness (QED) is 0.705. The molecule has 3 rings (SSSR count). The van der Waals surface area contributed by atoms with Crippen LogP contribution in [0.5, 0.6) is 0 Å². The Hall–Kier alpha value is -2.30. The van der Waals surface area contributed by atoms with Crippen LogP contribution in [-0.2, 0) is 0 Å². The molecule has 4 nitrogen and oxygen atoms in total. The van der Waals surface area contributed by atoms with Gasteiger partial charge in [-0.25, -0.2) is 0 Å². The highest BCUT2D eigenvalue weighted by molar-refractivity contribution is 6.33. The van der Waals surface area contributed by atoms with E-state index in [0.29, 0.717) is 27.1 Å². The summed E-state index contributed by atoms with van der Waals surface area (Å²) in [7, 11) is 0. The molecule has 3 aromatic rings. The molecule has 1 aromatic heterocycles. The van der Waals surface area contributed by atoms with Gasteiger partial charge in [-0.05, 0) is 42.8 Å². The summed E-state index contributed by atoms with van der Waals surface area (Å²) in [6.07, 6.45) is 0. The van der Waals surface area contributed by atoms with E-state index in [-0.39, 0.29) is 5.91 Å². The fourth-order valence-electron chi connectivity index (χ4n) is 2.17. The summed E-state index contributed by atoms with van der Waals surface area (Å²) in [6.45, 7) is 1.88. The van der Waals surface area contributed by atoms with E-state index in [0.717, 1.165) is 11.1 Å². The Balaban J connectivity index is 1.81. The summed E-state index contributed by atoms with van der Waals surface area (Å²) in [5, 5.41) is 10.9. The predicted molar refractivity (Wildman–Crippen MR) is 93.2 cm³/mol. The van der Waals surface area contributed by atoms with Crippen LogP contribution in [0, 0.1) is 6.92 Å². The Bertz CT molecular complexity index is 874. The van der Waals surface area contributed by atoms with Gasteiger partial charge in [0, 0.05) is 16.3 Å². The smallest absolute Gasteiger partial charge is 0.273 e. The number of carbonyl (C=O) groups is 1. The normalized spacial score (nSPS) is 10.6. The maximum Gasteiger partial charge on any atom is 0.273 e. The number of hydrogen-bond acceptors (Lipinski definition) is 2. The molecule has 1 heterocycles. The molecule has 6 heteroatoms. The minimum absolute atomic E-state index is 0.280. The SMILES string of the molecule is Cc1cc(NC(=O)c2cc(-c3ccccc3Cl)n[nH]2)ccc1Cl. The zero-order valence-electron chi connectivity index (χ0n) is 12.2. The number of amides is 1. The van der Waals surface area contributed by atoms with Gasteiger partial charge in [0.2, 0.25) is 0 Å². The van der Waals surface area contributed by atoms with Gasteiger partial charge < -0.3 is 5.32 Å². The molecular formula is C17H13Cl2N3O. The average molecular weight is 346 g/mol. The van der Waals surface area contributed by atoms with E-state index in [1.165, 1.54) is 0 Å².